The van der Waals surface area contributed by atoms with E-state index in [1.165, 1.54) is 83.2 Å². The summed E-state index contributed by atoms with van der Waals surface area (Å²) in [6, 6.07) is 0. The molecule has 0 saturated carbocycles. The van der Waals surface area contributed by atoms with E-state index in [1.54, 1.807) is 0 Å². The second-order valence-corrected chi connectivity index (χ2v) is 7.78. The van der Waals surface area contributed by atoms with Crippen molar-refractivity contribution < 1.29 is 10.2 Å². The van der Waals surface area contributed by atoms with Gasteiger partial charge in [-0.3, -0.25) is 4.79 Å². The predicted molar refractivity (Wildman–Crippen MR) is 114 cm³/mol. The SMILES string of the molecule is CCCCCCCCCCCCCCCCn1cc(O)c(=O)c(O)c1CC. The predicted octanol–water partition coefficient (Wildman–Crippen LogP) is 6.30. The van der Waals surface area contributed by atoms with Crippen LogP contribution in [0.25, 0.3) is 0 Å². The maximum Gasteiger partial charge on any atom is 0.264 e. The number of pyridine rings is 1. The quantitative estimate of drug-likeness (QED) is 0.331. The minimum Gasteiger partial charge on any atom is -0.503 e. The van der Waals surface area contributed by atoms with Crippen LogP contribution < -0.4 is 5.43 Å². The van der Waals surface area contributed by atoms with Crippen molar-refractivity contribution in [3.8, 4) is 11.5 Å². The fraction of sp³-hybridized carbons (Fsp3) is 0.783. The molecule has 0 aromatic carbocycles. The molecule has 156 valence electrons. The first-order chi connectivity index (χ1) is 13.1. The van der Waals surface area contributed by atoms with Gasteiger partial charge in [0.1, 0.15) is 0 Å². The molecule has 4 heteroatoms. The summed E-state index contributed by atoms with van der Waals surface area (Å²) in [7, 11) is 0. The van der Waals surface area contributed by atoms with Gasteiger partial charge in [0.05, 0.1) is 11.9 Å². The van der Waals surface area contributed by atoms with E-state index in [0.29, 0.717) is 12.1 Å². The molecule has 1 aromatic rings. The average Bonchev–Trinajstić information content (AvgIpc) is 2.66. The monoisotopic (exact) mass is 379 g/mol. The lowest BCUT2D eigenvalue weighted by Crippen LogP contribution is -2.13. The van der Waals surface area contributed by atoms with Gasteiger partial charge in [0.15, 0.2) is 11.5 Å². The number of nitrogens with zero attached hydrogens (tertiary/aromatic N) is 1. The molecule has 0 bridgehead atoms. The molecule has 0 aliphatic rings. The van der Waals surface area contributed by atoms with Crippen LogP contribution in [0.4, 0.5) is 0 Å². The van der Waals surface area contributed by atoms with E-state index in [4.69, 9.17) is 0 Å². The molecule has 27 heavy (non-hydrogen) atoms. The zero-order chi connectivity index (χ0) is 19.9. The lowest BCUT2D eigenvalue weighted by atomic mass is 10.0. The second kappa shape index (κ2) is 14.6. The van der Waals surface area contributed by atoms with Crippen LogP contribution in [-0.2, 0) is 13.0 Å². The molecular weight excluding hydrogens is 338 g/mol. The van der Waals surface area contributed by atoms with Crippen molar-refractivity contribution in [3.63, 3.8) is 0 Å². The molecule has 0 amide bonds. The van der Waals surface area contributed by atoms with E-state index in [9.17, 15) is 15.0 Å². The van der Waals surface area contributed by atoms with Gasteiger partial charge in [-0.2, -0.15) is 0 Å². The first-order valence-corrected chi connectivity index (χ1v) is 11.3. The maximum atomic E-state index is 11.6. The number of aromatic nitrogens is 1. The second-order valence-electron chi connectivity index (χ2n) is 7.78. The highest BCUT2D eigenvalue weighted by Crippen LogP contribution is 2.18. The Morgan fingerprint density at radius 2 is 1.19 bits per heavy atom. The molecule has 0 saturated heterocycles. The molecule has 0 radical (unpaired) electrons. The van der Waals surface area contributed by atoms with E-state index in [1.807, 2.05) is 11.5 Å². The van der Waals surface area contributed by atoms with Gasteiger partial charge in [-0.25, -0.2) is 0 Å². The number of aryl methyl sites for hydroxylation is 1. The highest BCUT2D eigenvalue weighted by molar-refractivity contribution is 5.34. The number of hydrogen-bond donors (Lipinski definition) is 2. The first kappa shape index (κ1) is 23.6. The maximum absolute atomic E-state index is 11.6. The normalized spacial score (nSPS) is 11.2. The highest BCUT2D eigenvalue weighted by atomic mass is 16.3. The Morgan fingerprint density at radius 3 is 1.63 bits per heavy atom. The van der Waals surface area contributed by atoms with E-state index in [2.05, 4.69) is 6.92 Å². The molecule has 0 spiro atoms. The average molecular weight is 380 g/mol. The lowest BCUT2D eigenvalue weighted by Gasteiger charge is -2.14. The summed E-state index contributed by atoms with van der Waals surface area (Å²) >= 11 is 0. The fourth-order valence-electron chi connectivity index (χ4n) is 3.72. The Hall–Kier alpha value is -1.45. The van der Waals surface area contributed by atoms with Gasteiger partial charge < -0.3 is 14.8 Å². The van der Waals surface area contributed by atoms with Gasteiger partial charge in [-0.15, -0.1) is 0 Å². The zero-order valence-corrected chi connectivity index (χ0v) is 17.6. The Balaban J connectivity index is 2.04. The van der Waals surface area contributed by atoms with Crippen molar-refractivity contribution in [1.82, 2.24) is 4.57 Å². The van der Waals surface area contributed by atoms with E-state index in [-0.39, 0.29) is 11.5 Å². The van der Waals surface area contributed by atoms with Gasteiger partial charge >= 0.3 is 0 Å². The zero-order valence-electron chi connectivity index (χ0n) is 17.6. The molecule has 1 aromatic heterocycles. The van der Waals surface area contributed by atoms with Gasteiger partial charge in [-0.05, 0) is 12.8 Å². The van der Waals surface area contributed by atoms with Crippen LogP contribution in [0.2, 0.25) is 0 Å². The van der Waals surface area contributed by atoms with E-state index in [0.717, 1.165) is 19.4 Å². The van der Waals surface area contributed by atoms with Gasteiger partial charge in [-0.1, -0.05) is 97.3 Å². The molecule has 0 atom stereocenters. The number of unbranched alkanes of at least 4 members (excludes halogenated alkanes) is 13. The summed E-state index contributed by atoms with van der Waals surface area (Å²) in [6.07, 6.45) is 20.5. The molecule has 4 nitrogen and oxygen atoms in total. The van der Waals surface area contributed by atoms with Crippen molar-refractivity contribution in [2.24, 2.45) is 0 Å². The largest absolute Gasteiger partial charge is 0.503 e. The molecular formula is C23H41NO3. The Labute approximate surface area is 165 Å². The minimum atomic E-state index is -0.663. The number of hydrogen-bond acceptors (Lipinski definition) is 3. The van der Waals surface area contributed by atoms with Crippen LogP contribution in [0.3, 0.4) is 0 Å². The fourth-order valence-corrected chi connectivity index (χ4v) is 3.72. The van der Waals surface area contributed by atoms with Crippen LogP contribution in [0.15, 0.2) is 11.0 Å². The smallest absolute Gasteiger partial charge is 0.264 e. The molecule has 2 N–H and O–H groups in total. The molecule has 0 aliphatic carbocycles. The summed E-state index contributed by atoms with van der Waals surface area (Å²) < 4.78 is 1.83. The van der Waals surface area contributed by atoms with Crippen LogP contribution in [0, 0.1) is 0 Å². The highest BCUT2D eigenvalue weighted by Gasteiger charge is 2.12. The third-order valence-corrected chi connectivity index (χ3v) is 5.43. The molecule has 1 heterocycles. The number of rotatable bonds is 16. The summed E-state index contributed by atoms with van der Waals surface area (Å²) in [6.45, 7) is 4.91. The van der Waals surface area contributed by atoms with Gasteiger partial charge in [0.25, 0.3) is 5.43 Å². The van der Waals surface area contributed by atoms with Crippen molar-refractivity contribution >= 4 is 0 Å². The standard InChI is InChI=1S/C23H41NO3/c1-3-5-6-7-8-9-10-11-12-13-14-15-16-17-18-24-19-21(25)23(27)22(26)20(24)4-2/h19,25-26H,3-18H2,1-2H3. The molecule has 1 rings (SSSR count). The first-order valence-electron chi connectivity index (χ1n) is 11.3. The van der Waals surface area contributed by atoms with Crippen LogP contribution in [0.5, 0.6) is 11.5 Å². The lowest BCUT2D eigenvalue weighted by molar-refractivity contribution is 0.414. The van der Waals surface area contributed by atoms with Crippen LogP contribution in [0.1, 0.15) is 109 Å². The topological polar surface area (TPSA) is 62.5 Å². The molecule has 0 fully saturated rings. The van der Waals surface area contributed by atoms with Crippen LogP contribution in [-0.4, -0.2) is 14.8 Å². The van der Waals surface area contributed by atoms with Crippen molar-refractivity contribution in [3.05, 3.63) is 22.1 Å². The third kappa shape index (κ3) is 9.34. The molecule has 0 aliphatic heterocycles. The number of aromatic hydroxyl groups is 2. The minimum absolute atomic E-state index is 0.303. The van der Waals surface area contributed by atoms with E-state index < -0.39 is 5.43 Å². The summed E-state index contributed by atoms with van der Waals surface area (Å²) in [5, 5.41) is 19.5. The molecule has 0 unspecified atom stereocenters. The van der Waals surface area contributed by atoms with Crippen LogP contribution >= 0.6 is 0 Å². The summed E-state index contributed by atoms with van der Waals surface area (Å²) in [4.78, 5) is 11.6. The van der Waals surface area contributed by atoms with Crippen molar-refractivity contribution in [2.45, 2.75) is 117 Å². The summed E-state index contributed by atoms with van der Waals surface area (Å²) in [5.74, 6) is -0.669. The Bertz CT molecular complexity index is 565. The Kier molecular flexibility index (Phi) is 12.7. The third-order valence-electron chi connectivity index (χ3n) is 5.43. The van der Waals surface area contributed by atoms with Crippen molar-refractivity contribution in [1.29, 1.82) is 0 Å². The van der Waals surface area contributed by atoms with E-state index >= 15 is 0 Å². The van der Waals surface area contributed by atoms with Gasteiger partial charge in [0, 0.05) is 6.54 Å². The van der Waals surface area contributed by atoms with Gasteiger partial charge in [0.2, 0.25) is 0 Å². The van der Waals surface area contributed by atoms with Crippen molar-refractivity contribution in [2.75, 3.05) is 0 Å². The summed E-state index contributed by atoms with van der Waals surface area (Å²) in [5.41, 5.74) is -0.0449. The Morgan fingerprint density at radius 1 is 0.741 bits per heavy atom.